The van der Waals surface area contributed by atoms with Crippen molar-refractivity contribution in [2.75, 3.05) is 42.1 Å². The van der Waals surface area contributed by atoms with Crippen molar-refractivity contribution in [2.24, 2.45) is 0 Å². The lowest BCUT2D eigenvalue weighted by Crippen LogP contribution is -2.49. The zero-order chi connectivity index (χ0) is 21.9. The number of rotatable bonds is 3. The van der Waals surface area contributed by atoms with Crippen LogP contribution in [0.15, 0.2) is 42.5 Å². The molecule has 0 unspecified atom stereocenters. The Morgan fingerprint density at radius 2 is 1.73 bits per heavy atom. The van der Waals surface area contributed by atoms with Crippen LogP contribution in [0.5, 0.6) is 0 Å². The van der Waals surface area contributed by atoms with Crippen molar-refractivity contribution in [2.45, 2.75) is 26.4 Å². The summed E-state index contributed by atoms with van der Waals surface area (Å²) >= 11 is 6.32. The fourth-order valence-corrected chi connectivity index (χ4v) is 3.60. The van der Waals surface area contributed by atoms with Crippen LogP contribution in [0.2, 0.25) is 5.02 Å². The highest BCUT2D eigenvalue weighted by Crippen LogP contribution is 2.29. The fraction of sp³-hybridized carbons (Fsp3) is 0.364. The Hall–Kier alpha value is -2.93. The fourth-order valence-electron chi connectivity index (χ4n) is 3.29. The molecule has 0 spiro atoms. The average Bonchev–Trinajstić information content (AvgIpc) is 2.66. The number of carbonyl (C=O) groups is 2. The van der Waals surface area contributed by atoms with E-state index in [0.29, 0.717) is 48.1 Å². The largest absolute Gasteiger partial charge is 0.444 e. The summed E-state index contributed by atoms with van der Waals surface area (Å²) in [4.78, 5) is 29.2. The maximum absolute atomic E-state index is 13.1. The van der Waals surface area contributed by atoms with Gasteiger partial charge in [-0.1, -0.05) is 23.7 Å². The predicted octanol–water partition coefficient (Wildman–Crippen LogP) is 4.23. The summed E-state index contributed by atoms with van der Waals surface area (Å²) in [6.07, 6.45) is -0.592. The van der Waals surface area contributed by atoms with Crippen LogP contribution in [0, 0.1) is 0 Å². The molecule has 0 radical (unpaired) electrons. The van der Waals surface area contributed by atoms with Crippen molar-refractivity contribution in [1.82, 2.24) is 4.90 Å². The van der Waals surface area contributed by atoms with E-state index in [-0.39, 0.29) is 5.91 Å². The molecular weight excluding hydrogens is 404 g/mol. The quantitative estimate of drug-likeness (QED) is 0.711. The highest BCUT2D eigenvalue weighted by molar-refractivity contribution is 6.33. The Morgan fingerprint density at radius 3 is 2.37 bits per heavy atom. The maximum Gasteiger partial charge on any atom is 0.412 e. The van der Waals surface area contributed by atoms with E-state index < -0.39 is 11.7 Å². The van der Waals surface area contributed by atoms with E-state index in [0.717, 1.165) is 5.69 Å². The number of nitrogens with two attached hydrogens (primary N) is 1. The number of halogens is 1. The molecular formula is C22H27ClN4O3. The first-order valence-electron chi connectivity index (χ1n) is 9.82. The van der Waals surface area contributed by atoms with Gasteiger partial charge in [-0.05, 0) is 51.1 Å². The van der Waals surface area contributed by atoms with Gasteiger partial charge in [-0.2, -0.15) is 0 Å². The molecule has 1 aliphatic rings. The van der Waals surface area contributed by atoms with Crippen molar-refractivity contribution in [3.05, 3.63) is 53.1 Å². The lowest BCUT2D eigenvalue weighted by molar-refractivity contribution is 0.0636. The Labute approximate surface area is 181 Å². The number of hydrogen-bond acceptors (Lipinski definition) is 5. The summed E-state index contributed by atoms with van der Waals surface area (Å²) in [6, 6.07) is 12.4. The highest BCUT2D eigenvalue weighted by atomic mass is 35.5. The number of para-hydroxylation sites is 1. The molecule has 30 heavy (non-hydrogen) atoms. The molecule has 2 amide bonds. The standard InChI is InChI=1S/C22H27ClN4O3/c1-22(2,3)30-21(29)25-18-7-5-4-6-16(18)20(28)27-12-10-26(11-13-27)19-9-8-15(24)14-17(19)23/h4-9,14H,10-13,24H2,1-3H3,(H,25,29). The number of anilines is 3. The normalized spacial score (nSPS) is 14.4. The first-order chi connectivity index (χ1) is 14.1. The van der Waals surface area contributed by atoms with Gasteiger partial charge in [0.05, 0.1) is 22.0 Å². The summed E-state index contributed by atoms with van der Waals surface area (Å²) in [5.41, 5.74) is 7.54. The van der Waals surface area contributed by atoms with E-state index in [1.165, 1.54) is 0 Å². The van der Waals surface area contributed by atoms with Crippen molar-refractivity contribution in [1.29, 1.82) is 0 Å². The third kappa shape index (κ3) is 5.36. The summed E-state index contributed by atoms with van der Waals surface area (Å²) in [7, 11) is 0. The molecule has 0 aromatic heterocycles. The van der Waals surface area contributed by atoms with Crippen molar-refractivity contribution < 1.29 is 14.3 Å². The van der Waals surface area contributed by atoms with Gasteiger partial charge in [0.1, 0.15) is 5.60 Å². The van der Waals surface area contributed by atoms with Crippen LogP contribution < -0.4 is 16.0 Å². The van der Waals surface area contributed by atoms with Crippen LogP contribution in [0.4, 0.5) is 21.9 Å². The number of nitrogen functional groups attached to an aromatic ring is 1. The number of piperazine rings is 1. The predicted molar refractivity (Wildman–Crippen MR) is 120 cm³/mol. The second kappa shape index (κ2) is 8.83. The molecule has 2 aromatic rings. The Morgan fingerprint density at radius 1 is 1.07 bits per heavy atom. The molecule has 0 saturated carbocycles. The van der Waals surface area contributed by atoms with E-state index in [2.05, 4.69) is 10.2 Å². The van der Waals surface area contributed by atoms with Crippen LogP contribution in [0.25, 0.3) is 0 Å². The Kier molecular flexibility index (Phi) is 6.41. The van der Waals surface area contributed by atoms with Gasteiger partial charge in [0.25, 0.3) is 5.91 Å². The van der Waals surface area contributed by atoms with Gasteiger partial charge < -0.3 is 20.3 Å². The van der Waals surface area contributed by atoms with Crippen molar-refractivity contribution in [3.8, 4) is 0 Å². The first-order valence-corrected chi connectivity index (χ1v) is 10.2. The number of amides is 2. The molecule has 160 valence electrons. The van der Waals surface area contributed by atoms with E-state index in [4.69, 9.17) is 22.1 Å². The minimum Gasteiger partial charge on any atom is -0.444 e. The van der Waals surface area contributed by atoms with E-state index in [9.17, 15) is 9.59 Å². The Bertz CT molecular complexity index is 934. The first kappa shape index (κ1) is 21.8. The topological polar surface area (TPSA) is 87.9 Å². The molecule has 3 rings (SSSR count). The van der Waals surface area contributed by atoms with Crippen LogP contribution in [0.1, 0.15) is 31.1 Å². The summed E-state index contributed by atoms with van der Waals surface area (Å²) in [5.74, 6) is -0.135. The third-order valence-corrected chi connectivity index (χ3v) is 4.98. The second-order valence-corrected chi connectivity index (χ2v) is 8.57. The van der Waals surface area contributed by atoms with Gasteiger partial charge in [0, 0.05) is 31.9 Å². The molecule has 0 aliphatic carbocycles. The monoisotopic (exact) mass is 430 g/mol. The lowest BCUT2D eigenvalue weighted by atomic mass is 10.1. The molecule has 3 N–H and O–H groups in total. The smallest absolute Gasteiger partial charge is 0.412 e. The molecule has 7 nitrogen and oxygen atoms in total. The zero-order valence-electron chi connectivity index (χ0n) is 17.4. The maximum atomic E-state index is 13.1. The lowest BCUT2D eigenvalue weighted by Gasteiger charge is -2.36. The average molecular weight is 431 g/mol. The molecule has 0 atom stereocenters. The number of nitrogens with one attached hydrogen (secondary N) is 1. The van der Waals surface area contributed by atoms with Crippen LogP contribution in [0.3, 0.4) is 0 Å². The van der Waals surface area contributed by atoms with Crippen molar-refractivity contribution in [3.63, 3.8) is 0 Å². The number of carbonyl (C=O) groups excluding carboxylic acids is 2. The number of benzene rings is 2. The van der Waals surface area contributed by atoms with Gasteiger partial charge in [-0.25, -0.2) is 4.79 Å². The SMILES string of the molecule is CC(C)(C)OC(=O)Nc1ccccc1C(=O)N1CCN(c2ccc(N)cc2Cl)CC1. The van der Waals surface area contributed by atoms with Gasteiger partial charge in [0.15, 0.2) is 0 Å². The second-order valence-electron chi connectivity index (χ2n) is 8.16. The molecule has 8 heteroatoms. The van der Waals surface area contributed by atoms with Gasteiger partial charge in [-0.3, -0.25) is 10.1 Å². The summed E-state index contributed by atoms with van der Waals surface area (Å²) < 4.78 is 5.30. The number of nitrogens with zero attached hydrogens (tertiary/aromatic N) is 2. The van der Waals surface area contributed by atoms with E-state index in [1.807, 2.05) is 12.1 Å². The van der Waals surface area contributed by atoms with Gasteiger partial charge in [0.2, 0.25) is 0 Å². The van der Waals surface area contributed by atoms with Crippen LogP contribution in [-0.2, 0) is 4.74 Å². The van der Waals surface area contributed by atoms with E-state index in [1.54, 1.807) is 56.0 Å². The molecule has 1 heterocycles. The summed E-state index contributed by atoms with van der Waals surface area (Å²) in [6.45, 7) is 7.75. The molecule has 1 aliphatic heterocycles. The zero-order valence-corrected chi connectivity index (χ0v) is 18.2. The number of hydrogen-bond donors (Lipinski definition) is 2. The van der Waals surface area contributed by atoms with Crippen LogP contribution in [-0.4, -0.2) is 48.7 Å². The minimum atomic E-state index is -0.622. The van der Waals surface area contributed by atoms with Crippen molar-refractivity contribution >= 4 is 40.7 Å². The van der Waals surface area contributed by atoms with Crippen LogP contribution >= 0.6 is 11.6 Å². The third-order valence-electron chi connectivity index (χ3n) is 4.67. The molecule has 2 aromatic carbocycles. The van der Waals surface area contributed by atoms with Gasteiger partial charge in [-0.15, -0.1) is 0 Å². The van der Waals surface area contributed by atoms with Gasteiger partial charge >= 0.3 is 6.09 Å². The highest BCUT2D eigenvalue weighted by Gasteiger charge is 2.26. The molecule has 1 fully saturated rings. The molecule has 1 saturated heterocycles. The minimum absolute atomic E-state index is 0.135. The molecule has 0 bridgehead atoms. The number of ether oxygens (including phenoxy) is 1. The van der Waals surface area contributed by atoms with E-state index >= 15 is 0 Å². The summed E-state index contributed by atoms with van der Waals surface area (Å²) in [5, 5.41) is 3.28. The Balaban J connectivity index is 1.67.